The van der Waals surface area contributed by atoms with Crippen LogP contribution in [0.15, 0.2) is 30.5 Å². The highest BCUT2D eigenvalue weighted by atomic mass is 14.8. The molecule has 0 amide bonds. The van der Waals surface area contributed by atoms with Crippen molar-refractivity contribution >= 4 is 11.0 Å². The summed E-state index contributed by atoms with van der Waals surface area (Å²) in [6, 6.07) is 7.99. The lowest BCUT2D eigenvalue weighted by molar-refractivity contribution is 0.557. The third-order valence-corrected chi connectivity index (χ3v) is 4.09. The Kier molecular flexibility index (Phi) is 2.20. The molecule has 88 valence electrons. The fraction of sp³-hybridized carbons (Fsp3) is 0.429. The average Bonchev–Trinajstić information content (AvgIpc) is 2.90. The first-order chi connectivity index (χ1) is 8.14. The molecule has 1 heterocycles. The van der Waals surface area contributed by atoms with E-state index in [2.05, 4.69) is 18.8 Å². The maximum absolute atomic E-state index is 5.80. The number of aromatic nitrogens is 2. The molecule has 2 N–H and O–H groups in total. The van der Waals surface area contributed by atoms with Gasteiger partial charge in [0, 0.05) is 12.1 Å². The normalized spacial score (nSPS) is 26.1. The number of benzene rings is 1. The molecule has 1 aromatic carbocycles. The number of rotatable bonds is 2. The van der Waals surface area contributed by atoms with Gasteiger partial charge < -0.3 is 5.73 Å². The first-order valence-corrected chi connectivity index (χ1v) is 6.06. The van der Waals surface area contributed by atoms with E-state index in [9.17, 15) is 0 Å². The summed E-state index contributed by atoms with van der Waals surface area (Å²) in [5, 5.41) is 0. The minimum absolute atomic E-state index is 0.270. The summed E-state index contributed by atoms with van der Waals surface area (Å²) in [6.45, 7) is 5.24. The zero-order valence-electron chi connectivity index (χ0n) is 10.2. The number of nitrogens with zero attached hydrogens (tertiary/aromatic N) is 2. The van der Waals surface area contributed by atoms with Crippen LogP contribution in [0.3, 0.4) is 0 Å². The molecular formula is C14H17N3. The second kappa shape index (κ2) is 3.50. The minimum atomic E-state index is 0.270. The lowest BCUT2D eigenvalue weighted by Gasteiger charge is -2.03. The van der Waals surface area contributed by atoms with Crippen LogP contribution in [0.1, 0.15) is 25.5 Å². The van der Waals surface area contributed by atoms with E-state index in [4.69, 9.17) is 10.7 Å². The molecule has 0 aliphatic heterocycles. The maximum atomic E-state index is 5.80. The predicted octanol–water partition coefficient (Wildman–Crippen LogP) is 2.33. The van der Waals surface area contributed by atoms with Crippen molar-refractivity contribution in [3.63, 3.8) is 0 Å². The Morgan fingerprint density at radius 2 is 1.94 bits per heavy atom. The molecule has 1 saturated carbocycles. The van der Waals surface area contributed by atoms with Crippen LogP contribution in [-0.4, -0.2) is 16.5 Å². The molecule has 3 heteroatoms. The smallest absolute Gasteiger partial charge is 0.0890 e. The first-order valence-electron chi connectivity index (χ1n) is 6.06. The Balaban J connectivity index is 2.03. The van der Waals surface area contributed by atoms with Gasteiger partial charge in [0.05, 0.1) is 16.7 Å². The van der Waals surface area contributed by atoms with Crippen molar-refractivity contribution < 1.29 is 0 Å². The summed E-state index contributed by atoms with van der Waals surface area (Å²) in [5.74, 6) is 1.00. The molecule has 0 unspecified atom stereocenters. The van der Waals surface area contributed by atoms with Gasteiger partial charge in [-0.2, -0.15) is 0 Å². The average molecular weight is 227 g/mol. The highest BCUT2D eigenvalue weighted by Gasteiger charge is 2.58. The molecule has 0 bridgehead atoms. The number of fused-ring (bicyclic) bond motifs is 1. The monoisotopic (exact) mass is 227 g/mol. The Hall–Kier alpha value is -1.48. The van der Waals surface area contributed by atoms with Gasteiger partial charge in [0.15, 0.2) is 0 Å². The maximum Gasteiger partial charge on any atom is 0.0890 e. The Labute approximate surface area is 101 Å². The lowest BCUT2D eigenvalue weighted by Crippen LogP contribution is -2.05. The quantitative estimate of drug-likeness (QED) is 0.856. The SMILES string of the molecule is CC1(C)[C@@H](CN)[C@@H]1c1cnc2ccccc2n1. The number of hydrogen-bond donors (Lipinski definition) is 1. The van der Waals surface area contributed by atoms with Gasteiger partial charge in [-0.3, -0.25) is 4.98 Å². The second-order valence-electron chi connectivity index (χ2n) is 5.42. The van der Waals surface area contributed by atoms with E-state index in [1.54, 1.807) is 0 Å². The Bertz CT molecular complexity index is 562. The van der Waals surface area contributed by atoms with E-state index < -0.39 is 0 Å². The van der Waals surface area contributed by atoms with Gasteiger partial charge in [0.2, 0.25) is 0 Å². The van der Waals surface area contributed by atoms with Crippen molar-refractivity contribution in [2.75, 3.05) is 6.54 Å². The van der Waals surface area contributed by atoms with Crippen LogP contribution in [0.5, 0.6) is 0 Å². The summed E-state index contributed by atoms with van der Waals surface area (Å²) in [5.41, 5.74) is 9.09. The third-order valence-electron chi connectivity index (χ3n) is 4.09. The topological polar surface area (TPSA) is 51.8 Å². The summed E-state index contributed by atoms with van der Waals surface area (Å²) in [6.07, 6.45) is 1.91. The number of hydrogen-bond acceptors (Lipinski definition) is 3. The van der Waals surface area contributed by atoms with E-state index in [0.717, 1.165) is 23.3 Å². The molecule has 1 aliphatic rings. The number of nitrogens with two attached hydrogens (primary N) is 1. The van der Waals surface area contributed by atoms with Crippen LogP contribution < -0.4 is 5.73 Å². The standard InChI is InChI=1S/C14H17N3/c1-14(2)9(7-15)13(14)12-8-16-10-5-3-4-6-11(10)17-12/h3-6,8-9,13H,7,15H2,1-2H3/t9-,13+/m0/s1. The molecule has 3 rings (SSSR count). The van der Waals surface area contributed by atoms with E-state index in [1.165, 1.54) is 0 Å². The summed E-state index contributed by atoms with van der Waals surface area (Å²) < 4.78 is 0. The molecule has 2 aromatic rings. The van der Waals surface area contributed by atoms with Crippen molar-refractivity contribution in [1.82, 2.24) is 9.97 Å². The molecule has 0 spiro atoms. The molecule has 3 nitrogen and oxygen atoms in total. The summed E-state index contributed by atoms with van der Waals surface area (Å²) >= 11 is 0. The molecular weight excluding hydrogens is 210 g/mol. The van der Waals surface area contributed by atoms with E-state index in [1.807, 2.05) is 30.5 Å². The van der Waals surface area contributed by atoms with Crippen molar-refractivity contribution in [2.24, 2.45) is 17.1 Å². The van der Waals surface area contributed by atoms with Gasteiger partial charge in [-0.1, -0.05) is 26.0 Å². The molecule has 0 radical (unpaired) electrons. The zero-order valence-corrected chi connectivity index (χ0v) is 10.2. The highest BCUT2D eigenvalue weighted by Crippen LogP contribution is 2.63. The molecule has 0 saturated heterocycles. The van der Waals surface area contributed by atoms with Crippen LogP contribution in [-0.2, 0) is 0 Å². The lowest BCUT2D eigenvalue weighted by atomic mass is 10.1. The van der Waals surface area contributed by atoms with Gasteiger partial charge in [-0.15, -0.1) is 0 Å². The van der Waals surface area contributed by atoms with Crippen LogP contribution in [0.25, 0.3) is 11.0 Å². The fourth-order valence-electron chi connectivity index (χ4n) is 2.89. The van der Waals surface area contributed by atoms with Crippen LogP contribution in [0, 0.1) is 11.3 Å². The van der Waals surface area contributed by atoms with Crippen molar-refractivity contribution in [2.45, 2.75) is 19.8 Å². The highest BCUT2D eigenvalue weighted by molar-refractivity contribution is 5.73. The van der Waals surface area contributed by atoms with Crippen LogP contribution in [0.4, 0.5) is 0 Å². The van der Waals surface area contributed by atoms with Crippen molar-refractivity contribution in [3.8, 4) is 0 Å². The summed E-state index contributed by atoms with van der Waals surface area (Å²) in [7, 11) is 0. The van der Waals surface area contributed by atoms with Gasteiger partial charge in [0.1, 0.15) is 0 Å². The van der Waals surface area contributed by atoms with Gasteiger partial charge in [-0.25, -0.2) is 4.98 Å². The van der Waals surface area contributed by atoms with Gasteiger partial charge >= 0.3 is 0 Å². The van der Waals surface area contributed by atoms with Crippen molar-refractivity contribution in [1.29, 1.82) is 0 Å². The molecule has 1 aliphatic carbocycles. The fourth-order valence-corrected chi connectivity index (χ4v) is 2.89. The van der Waals surface area contributed by atoms with Crippen LogP contribution >= 0.6 is 0 Å². The Morgan fingerprint density at radius 1 is 1.24 bits per heavy atom. The Morgan fingerprint density at radius 3 is 2.59 bits per heavy atom. The van der Waals surface area contributed by atoms with E-state index >= 15 is 0 Å². The van der Waals surface area contributed by atoms with Crippen molar-refractivity contribution in [3.05, 3.63) is 36.2 Å². The first kappa shape index (κ1) is 10.7. The summed E-state index contributed by atoms with van der Waals surface area (Å²) in [4.78, 5) is 9.19. The molecule has 17 heavy (non-hydrogen) atoms. The largest absolute Gasteiger partial charge is 0.330 e. The molecule has 1 fully saturated rings. The third kappa shape index (κ3) is 1.53. The predicted molar refractivity (Wildman–Crippen MR) is 68.6 cm³/mol. The molecule has 2 atom stereocenters. The molecule has 1 aromatic heterocycles. The van der Waals surface area contributed by atoms with Crippen LogP contribution in [0.2, 0.25) is 0 Å². The second-order valence-corrected chi connectivity index (χ2v) is 5.42. The van der Waals surface area contributed by atoms with Gasteiger partial charge in [-0.05, 0) is 30.0 Å². The van der Waals surface area contributed by atoms with Gasteiger partial charge in [0.25, 0.3) is 0 Å². The zero-order chi connectivity index (χ0) is 12.0. The minimum Gasteiger partial charge on any atom is -0.330 e. The van der Waals surface area contributed by atoms with E-state index in [-0.39, 0.29) is 5.41 Å². The number of para-hydroxylation sites is 2. The van der Waals surface area contributed by atoms with E-state index in [0.29, 0.717) is 11.8 Å².